The van der Waals surface area contributed by atoms with Gasteiger partial charge in [0.15, 0.2) is 11.5 Å². The predicted molar refractivity (Wildman–Crippen MR) is 97.9 cm³/mol. The van der Waals surface area contributed by atoms with Crippen LogP contribution in [0.3, 0.4) is 0 Å². The Hall–Kier alpha value is -2.20. The van der Waals surface area contributed by atoms with Gasteiger partial charge in [-0.15, -0.1) is 0 Å². The summed E-state index contributed by atoms with van der Waals surface area (Å²) in [5, 5.41) is 3.63. The van der Waals surface area contributed by atoms with Gasteiger partial charge in [-0.1, -0.05) is 30.3 Å². The van der Waals surface area contributed by atoms with E-state index in [1.807, 2.05) is 19.1 Å². The number of ether oxygens (including phenoxy) is 2. The van der Waals surface area contributed by atoms with E-state index in [0.29, 0.717) is 12.6 Å². The molecule has 1 fully saturated rings. The third-order valence-corrected chi connectivity index (χ3v) is 4.36. The highest BCUT2D eigenvalue weighted by atomic mass is 16.5. The summed E-state index contributed by atoms with van der Waals surface area (Å²) >= 11 is 0. The molecular weight excluding hydrogens is 300 g/mol. The van der Waals surface area contributed by atoms with Gasteiger partial charge in [-0.25, -0.2) is 0 Å². The maximum absolute atomic E-state index is 5.66. The van der Waals surface area contributed by atoms with Gasteiger partial charge in [0, 0.05) is 37.4 Å². The van der Waals surface area contributed by atoms with Crippen molar-refractivity contribution >= 4 is 5.69 Å². The van der Waals surface area contributed by atoms with Crippen LogP contribution in [-0.2, 0) is 6.54 Å². The van der Waals surface area contributed by atoms with Crippen molar-refractivity contribution in [2.24, 2.45) is 0 Å². The molecule has 1 aliphatic heterocycles. The second-order valence-electron chi connectivity index (χ2n) is 6.15. The highest BCUT2D eigenvalue weighted by molar-refractivity contribution is 5.55. The van der Waals surface area contributed by atoms with E-state index >= 15 is 0 Å². The normalized spacial score (nSPS) is 17.7. The molecule has 0 saturated carbocycles. The molecule has 1 heterocycles. The van der Waals surface area contributed by atoms with Gasteiger partial charge in [0.05, 0.1) is 13.7 Å². The molecule has 0 aromatic heterocycles. The maximum atomic E-state index is 5.66. The smallest absolute Gasteiger partial charge is 0.163 e. The second kappa shape index (κ2) is 8.06. The zero-order chi connectivity index (χ0) is 16.8. The number of benzene rings is 2. The first-order chi connectivity index (χ1) is 11.8. The Morgan fingerprint density at radius 3 is 2.71 bits per heavy atom. The van der Waals surface area contributed by atoms with Crippen molar-refractivity contribution in [2.45, 2.75) is 25.9 Å². The summed E-state index contributed by atoms with van der Waals surface area (Å²) in [5.41, 5.74) is 2.46. The van der Waals surface area contributed by atoms with Crippen LogP contribution in [0.25, 0.3) is 0 Å². The van der Waals surface area contributed by atoms with Crippen LogP contribution in [0.4, 0.5) is 5.69 Å². The Kier molecular flexibility index (Phi) is 5.59. The molecule has 4 heteroatoms. The molecule has 24 heavy (non-hydrogen) atoms. The zero-order valence-electron chi connectivity index (χ0n) is 14.5. The van der Waals surface area contributed by atoms with Crippen LogP contribution in [0, 0.1) is 0 Å². The molecule has 1 N–H and O–H groups in total. The number of nitrogens with one attached hydrogen (secondary N) is 1. The first-order valence-electron chi connectivity index (χ1n) is 8.62. The summed E-state index contributed by atoms with van der Waals surface area (Å²) in [6.07, 6.45) is 1.16. The standard InChI is InChI=1S/C20H26N2O2/c1-3-24-20-13-17(9-10-19(20)23-2)21-18-11-12-22(15-18)14-16-7-5-4-6-8-16/h4-10,13,18,21H,3,11-12,14-15H2,1-2H3. The van der Waals surface area contributed by atoms with Crippen LogP contribution < -0.4 is 14.8 Å². The van der Waals surface area contributed by atoms with Crippen LogP contribution in [-0.4, -0.2) is 37.7 Å². The van der Waals surface area contributed by atoms with Gasteiger partial charge >= 0.3 is 0 Å². The Labute approximate surface area is 144 Å². The lowest BCUT2D eigenvalue weighted by molar-refractivity contribution is 0.311. The number of methoxy groups -OCH3 is 1. The molecular formula is C20H26N2O2. The molecule has 1 atom stereocenters. The molecule has 2 aromatic rings. The molecule has 128 valence electrons. The molecule has 1 saturated heterocycles. The molecule has 3 rings (SSSR count). The van der Waals surface area contributed by atoms with Gasteiger partial charge in [0.25, 0.3) is 0 Å². The van der Waals surface area contributed by atoms with E-state index in [2.05, 4.69) is 46.6 Å². The number of hydrogen-bond donors (Lipinski definition) is 1. The molecule has 1 aliphatic rings. The number of anilines is 1. The van der Waals surface area contributed by atoms with Crippen molar-refractivity contribution in [3.8, 4) is 11.5 Å². The second-order valence-corrected chi connectivity index (χ2v) is 6.15. The first kappa shape index (κ1) is 16.7. The summed E-state index contributed by atoms with van der Waals surface area (Å²) in [5.74, 6) is 1.57. The van der Waals surface area contributed by atoms with Crippen molar-refractivity contribution in [3.05, 3.63) is 54.1 Å². The minimum Gasteiger partial charge on any atom is -0.493 e. The van der Waals surface area contributed by atoms with Crippen molar-refractivity contribution in [2.75, 3.05) is 32.1 Å². The summed E-state index contributed by atoms with van der Waals surface area (Å²) in [6.45, 7) is 5.82. The van der Waals surface area contributed by atoms with E-state index in [1.54, 1.807) is 7.11 Å². The monoisotopic (exact) mass is 326 g/mol. The van der Waals surface area contributed by atoms with Gasteiger partial charge in [-0.05, 0) is 31.0 Å². The minimum atomic E-state index is 0.469. The van der Waals surface area contributed by atoms with Gasteiger partial charge in [0.1, 0.15) is 0 Å². The topological polar surface area (TPSA) is 33.7 Å². The quantitative estimate of drug-likeness (QED) is 0.839. The fourth-order valence-electron chi connectivity index (χ4n) is 3.21. The van der Waals surface area contributed by atoms with Crippen molar-refractivity contribution in [1.82, 2.24) is 4.90 Å². The Balaban J connectivity index is 1.58. The van der Waals surface area contributed by atoms with Crippen LogP contribution in [0.1, 0.15) is 18.9 Å². The Morgan fingerprint density at radius 2 is 1.96 bits per heavy atom. The van der Waals surface area contributed by atoms with Crippen LogP contribution in [0.15, 0.2) is 48.5 Å². The van der Waals surface area contributed by atoms with E-state index in [0.717, 1.165) is 43.2 Å². The van der Waals surface area contributed by atoms with Crippen molar-refractivity contribution in [3.63, 3.8) is 0 Å². The van der Waals surface area contributed by atoms with E-state index in [-0.39, 0.29) is 0 Å². The molecule has 0 bridgehead atoms. The molecule has 0 spiro atoms. The lowest BCUT2D eigenvalue weighted by atomic mass is 10.2. The van der Waals surface area contributed by atoms with Crippen molar-refractivity contribution < 1.29 is 9.47 Å². The summed E-state index contributed by atoms with van der Waals surface area (Å²) < 4.78 is 11.0. The van der Waals surface area contributed by atoms with Crippen LogP contribution in [0.5, 0.6) is 11.5 Å². The Morgan fingerprint density at radius 1 is 1.12 bits per heavy atom. The zero-order valence-corrected chi connectivity index (χ0v) is 14.5. The van der Waals surface area contributed by atoms with Crippen LogP contribution in [0.2, 0.25) is 0 Å². The molecule has 0 radical (unpaired) electrons. The van der Waals surface area contributed by atoms with E-state index in [4.69, 9.17) is 9.47 Å². The third-order valence-electron chi connectivity index (χ3n) is 4.36. The van der Waals surface area contributed by atoms with Gasteiger partial charge in [-0.2, -0.15) is 0 Å². The molecule has 1 unspecified atom stereocenters. The average molecular weight is 326 g/mol. The van der Waals surface area contributed by atoms with E-state index < -0.39 is 0 Å². The molecule has 0 amide bonds. The van der Waals surface area contributed by atoms with Gasteiger partial charge < -0.3 is 14.8 Å². The summed E-state index contributed by atoms with van der Waals surface area (Å²) in [4.78, 5) is 2.50. The highest BCUT2D eigenvalue weighted by Gasteiger charge is 2.22. The lowest BCUT2D eigenvalue weighted by Gasteiger charge is -2.18. The number of nitrogens with zero attached hydrogens (tertiary/aromatic N) is 1. The minimum absolute atomic E-state index is 0.469. The van der Waals surface area contributed by atoms with E-state index in [1.165, 1.54) is 5.56 Å². The first-order valence-corrected chi connectivity index (χ1v) is 8.62. The average Bonchev–Trinajstić information content (AvgIpc) is 3.03. The largest absolute Gasteiger partial charge is 0.493 e. The van der Waals surface area contributed by atoms with Gasteiger partial charge in [-0.3, -0.25) is 4.90 Å². The fourth-order valence-corrected chi connectivity index (χ4v) is 3.21. The molecule has 2 aromatic carbocycles. The predicted octanol–water partition coefficient (Wildman–Crippen LogP) is 3.78. The van der Waals surface area contributed by atoms with Crippen molar-refractivity contribution in [1.29, 1.82) is 0 Å². The SMILES string of the molecule is CCOc1cc(NC2CCN(Cc3ccccc3)C2)ccc1OC. The summed E-state index contributed by atoms with van der Waals surface area (Å²) in [6, 6.07) is 17.2. The Bertz CT molecular complexity index is 645. The lowest BCUT2D eigenvalue weighted by Crippen LogP contribution is -2.25. The summed E-state index contributed by atoms with van der Waals surface area (Å²) in [7, 11) is 1.67. The number of likely N-dealkylation sites (tertiary alicyclic amines) is 1. The molecule has 0 aliphatic carbocycles. The maximum Gasteiger partial charge on any atom is 0.163 e. The molecule has 4 nitrogen and oxygen atoms in total. The third kappa shape index (κ3) is 4.20. The highest BCUT2D eigenvalue weighted by Crippen LogP contribution is 2.31. The fraction of sp³-hybridized carbons (Fsp3) is 0.400. The van der Waals surface area contributed by atoms with Gasteiger partial charge in [0.2, 0.25) is 0 Å². The van der Waals surface area contributed by atoms with Crippen LogP contribution >= 0.6 is 0 Å². The number of hydrogen-bond acceptors (Lipinski definition) is 4. The number of rotatable bonds is 7. The van der Waals surface area contributed by atoms with E-state index in [9.17, 15) is 0 Å².